The van der Waals surface area contributed by atoms with Gasteiger partial charge in [-0.15, -0.1) is 0 Å². The van der Waals surface area contributed by atoms with Crippen LogP contribution in [-0.4, -0.2) is 0 Å². The number of benzene rings is 2. The molecule has 2 aromatic rings. The van der Waals surface area contributed by atoms with E-state index in [0.29, 0.717) is 0 Å². The molecule has 0 radical (unpaired) electrons. The first-order chi connectivity index (χ1) is 7.86. The zero-order valence-electron chi connectivity index (χ0n) is 9.87. The topological polar surface area (TPSA) is 0 Å². The predicted molar refractivity (Wildman–Crippen MR) is 72.7 cm³/mol. The molecule has 0 N–H and O–H groups in total. The lowest BCUT2D eigenvalue weighted by atomic mass is 9.95. The largest absolute Gasteiger partial charge is 0.0985 e. The van der Waals surface area contributed by atoms with E-state index in [-0.39, 0.29) is 0 Å². The van der Waals surface area contributed by atoms with Crippen LogP contribution in [0.1, 0.15) is 30.9 Å². The number of unbranched alkanes of at least 4 members (excludes halogenated alkanes) is 1. The Morgan fingerprint density at radius 1 is 1.12 bits per heavy atom. The van der Waals surface area contributed by atoms with Crippen molar-refractivity contribution in [1.82, 2.24) is 0 Å². The third-order valence-electron chi connectivity index (χ3n) is 3.08. The van der Waals surface area contributed by atoms with Crippen LogP contribution in [-0.2, 0) is 6.42 Å². The monoisotopic (exact) mass is 210 g/mol. The zero-order chi connectivity index (χ0) is 11.4. The van der Waals surface area contributed by atoms with Crippen LogP contribution in [0.15, 0.2) is 43.0 Å². The van der Waals surface area contributed by atoms with Gasteiger partial charge in [0.25, 0.3) is 0 Å². The molecule has 2 rings (SSSR count). The lowest BCUT2D eigenvalue weighted by Gasteiger charge is -2.10. The first kappa shape index (κ1) is 10.9. The summed E-state index contributed by atoms with van der Waals surface area (Å²) in [5, 5.41) is 2.72. The normalized spacial score (nSPS) is 10.6. The summed E-state index contributed by atoms with van der Waals surface area (Å²) < 4.78 is 0. The molecule has 0 nitrogen and oxygen atoms in total. The smallest absolute Gasteiger partial charge is 0.0146 e. The maximum Gasteiger partial charge on any atom is -0.0146 e. The molecule has 0 aliphatic carbocycles. The van der Waals surface area contributed by atoms with E-state index in [4.69, 9.17) is 0 Å². The number of aryl methyl sites for hydroxylation is 1. The fraction of sp³-hybridized carbons (Fsp3) is 0.250. The molecule has 0 saturated carbocycles. The summed E-state index contributed by atoms with van der Waals surface area (Å²) >= 11 is 0. The van der Waals surface area contributed by atoms with E-state index in [9.17, 15) is 0 Å². The third kappa shape index (κ3) is 2.01. The summed E-state index contributed by atoms with van der Waals surface area (Å²) in [5.41, 5.74) is 2.74. The average Bonchev–Trinajstić information content (AvgIpc) is 2.35. The molecule has 0 heterocycles. The molecule has 0 aromatic heterocycles. The van der Waals surface area contributed by atoms with Gasteiger partial charge in [0.05, 0.1) is 0 Å². The number of hydrogen-bond acceptors (Lipinski definition) is 0. The van der Waals surface area contributed by atoms with E-state index in [1.807, 2.05) is 6.08 Å². The number of hydrogen-bond donors (Lipinski definition) is 0. The highest BCUT2D eigenvalue weighted by Crippen LogP contribution is 2.24. The van der Waals surface area contributed by atoms with Gasteiger partial charge >= 0.3 is 0 Å². The molecule has 0 heteroatoms. The molecule has 0 atom stereocenters. The van der Waals surface area contributed by atoms with Crippen LogP contribution in [0.25, 0.3) is 16.8 Å². The summed E-state index contributed by atoms with van der Waals surface area (Å²) in [4.78, 5) is 0. The van der Waals surface area contributed by atoms with Crippen LogP contribution in [0.4, 0.5) is 0 Å². The van der Waals surface area contributed by atoms with Crippen LogP contribution in [0, 0.1) is 0 Å². The van der Waals surface area contributed by atoms with Crippen LogP contribution < -0.4 is 0 Å². The van der Waals surface area contributed by atoms with E-state index in [2.05, 4.69) is 49.9 Å². The Morgan fingerprint density at radius 3 is 2.69 bits per heavy atom. The highest BCUT2D eigenvalue weighted by atomic mass is 14.1. The molecule has 0 bridgehead atoms. The fourth-order valence-corrected chi connectivity index (χ4v) is 2.18. The Labute approximate surface area is 97.6 Å². The van der Waals surface area contributed by atoms with Gasteiger partial charge in [-0.05, 0) is 34.7 Å². The zero-order valence-corrected chi connectivity index (χ0v) is 9.87. The van der Waals surface area contributed by atoms with Crippen LogP contribution in [0.5, 0.6) is 0 Å². The van der Waals surface area contributed by atoms with Gasteiger partial charge in [-0.3, -0.25) is 0 Å². The fourth-order valence-electron chi connectivity index (χ4n) is 2.18. The van der Waals surface area contributed by atoms with Gasteiger partial charge in [0.15, 0.2) is 0 Å². The highest BCUT2D eigenvalue weighted by molar-refractivity contribution is 5.88. The van der Waals surface area contributed by atoms with E-state index in [0.717, 1.165) is 6.42 Å². The molecule has 82 valence electrons. The highest BCUT2D eigenvalue weighted by Gasteiger charge is 2.04. The van der Waals surface area contributed by atoms with Gasteiger partial charge in [0, 0.05) is 0 Å². The molecule has 0 amide bonds. The maximum atomic E-state index is 3.91. The molecule has 0 aliphatic rings. The molecule has 0 aliphatic heterocycles. The maximum absolute atomic E-state index is 3.91. The van der Waals surface area contributed by atoms with Crippen molar-refractivity contribution in [2.45, 2.75) is 26.2 Å². The van der Waals surface area contributed by atoms with Crippen LogP contribution >= 0.6 is 0 Å². The van der Waals surface area contributed by atoms with E-state index < -0.39 is 0 Å². The lowest BCUT2D eigenvalue weighted by Crippen LogP contribution is -1.91. The van der Waals surface area contributed by atoms with Crippen molar-refractivity contribution in [2.24, 2.45) is 0 Å². The Kier molecular flexibility index (Phi) is 3.40. The van der Waals surface area contributed by atoms with Gasteiger partial charge in [-0.25, -0.2) is 0 Å². The lowest BCUT2D eigenvalue weighted by molar-refractivity contribution is 0.798. The van der Waals surface area contributed by atoms with Crippen molar-refractivity contribution in [3.63, 3.8) is 0 Å². The Balaban J connectivity index is 2.58. The Hall–Kier alpha value is -1.56. The molecule has 2 aromatic carbocycles. The van der Waals surface area contributed by atoms with Crippen molar-refractivity contribution in [3.8, 4) is 0 Å². The van der Waals surface area contributed by atoms with Gasteiger partial charge in [-0.2, -0.15) is 0 Å². The molecule has 0 fully saturated rings. The minimum atomic E-state index is 1.15. The van der Waals surface area contributed by atoms with Crippen LogP contribution in [0.3, 0.4) is 0 Å². The minimum absolute atomic E-state index is 1.15. The van der Waals surface area contributed by atoms with E-state index in [1.165, 1.54) is 34.7 Å². The molecular weight excluding hydrogens is 192 g/mol. The van der Waals surface area contributed by atoms with Crippen LogP contribution in [0.2, 0.25) is 0 Å². The van der Waals surface area contributed by atoms with Gasteiger partial charge in [0.2, 0.25) is 0 Å². The standard InChI is InChI=1S/C16H18/c1-3-5-9-15-13(4-2)11-12-14-8-6-7-10-16(14)15/h4,6-8,10-12H,2-3,5,9H2,1H3. The van der Waals surface area contributed by atoms with Crippen molar-refractivity contribution in [2.75, 3.05) is 0 Å². The number of fused-ring (bicyclic) bond motifs is 1. The third-order valence-corrected chi connectivity index (χ3v) is 3.08. The van der Waals surface area contributed by atoms with Crippen molar-refractivity contribution < 1.29 is 0 Å². The predicted octanol–water partition coefficient (Wildman–Crippen LogP) is 4.83. The summed E-state index contributed by atoms with van der Waals surface area (Å²) in [5.74, 6) is 0. The first-order valence-electron chi connectivity index (χ1n) is 6.00. The Bertz CT molecular complexity index is 494. The SMILES string of the molecule is C=Cc1ccc2ccccc2c1CCCC. The summed E-state index contributed by atoms with van der Waals surface area (Å²) in [7, 11) is 0. The molecular formula is C16H18. The molecule has 0 unspecified atom stereocenters. The summed E-state index contributed by atoms with van der Waals surface area (Å²) in [6.45, 7) is 6.14. The van der Waals surface area contributed by atoms with Crippen molar-refractivity contribution in [3.05, 3.63) is 54.1 Å². The minimum Gasteiger partial charge on any atom is -0.0985 e. The molecule has 0 saturated heterocycles. The summed E-state index contributed by atoms with van der Waals surface area (Å²) in [6, 6.07) is 13.0. The van der Waals surface area contributed by atoms with Crippen molar-refractivity contribution >= 4 is 16.8 Å². The number of rotatable bonds is 4. The van der Waals surface area contributed by atoms with Gasteiger partial charge in [-0.1, -0.05) is 62.4 Å². The van der Waals surface area contributed by atoms with E-state index in [1.54, 1.807) is 0 Å². The second kappa shape index (κ2) is 4.98. The van der Waals surface area contributed by atoms with Crippen molar-refractivity contribution in [1.29, 1.82) is 0 Å². The second-order valence-corrected chi connectivity index (χ2v) is 4.16. The molecule has 16 heavy (non-hydrogen) atoms. The second-order valence-electron chi connectivity index (χ2n) is 4.16. The van der Waals surface area contributed by atoms with Gasteiger partial charge < -0.3 is 0 Å². The quantitative estimate of drug-likeness (QED) is 0.678. The Morgan fingerprint density at radius 2 is 1.94 bits per heavy atom. The average molecular weight is 210 g/mol. The molecule has 0 spiro atoms. The first-order valence-corrected chi connectivity index (χ1v) is 6.00. The van der Waals surface area contributed by atoms with Gasteiger partial charge in [0.1, 0.15) is 0 Å². The van der Waals surface area contributed by atoms with E-state index >= 15 is 0 Å². The summed E-state index contributed by atoms with van der Waals surface area (Å²) in [6.07, 6.45) is 5.60.